The average Bonchev–Trinajstić information content (AvgIpc) is 3.20. The fourth-order valence-electron chi connectivity index (χ4n) is 3.21. The van der Waals surface area contributed by atoms with Crippen LogP contribution in [0.25, 0.3) is 11.0 Å². The highest BCUT2D eigenvalue weighted by Gasteiger charge is 2.24. The summed E-state index contributed by atoms with van der Waals surface area (Å²) in [5.41, 5.74) is 8.89. The van der Waals surface area contributed by atoms with Crippen LogP contribution in [0, 0.1) is 0 Å². The molecule has 0 aliphatic heterocycles. The lowest BCUT2D eigenvalue weighted by Gasteiger charge is -2.11. The second kappa shape index (κ2) is 7.13. The molecule has 2 aromatic heterocycles. The minimum atomic E-state index is -0.468. The molecular formula is C18H18N4O2S2. The summed E-state index contributed by atoms with van der Waals surface area (Å²) in [6, 6.07) is 7.73. The van der Waals surface area contributed by atoms with Crippen LogP contribution < -0.4 is 11.1 Å². The van der Waals surface area contributed by atoms with Gasteiger partial charge in [-0.2, -0.15) is 0 Å². The molecule has 3 aromatic rings. The van der Waals surface area contributed by atoms with Gasteiger partial charge in [-0.25, -0.2) is 4.98 Å². The molecule has 0 unspecified atom stereocenters. The first-order valence-electron chi connectivity index (χ1n) is 8.43. The Morgan fingerprint density at radius 1 is 1.27 bits per heavy atom. The Balaban J connectivity index is 1.46. The summed E-state index contributed by atoms with van der Waals surface area (Å²) in [5, 5.41) is 4.15. The molecule has 4 rings (SSSR count). The summed E-state index contributed by atoms with van der Waals surface area (Å²) in [7, 11) is 0. The van der Waals surface area contributed by atoms with E-state index in [1.54, 1.807) is 0 Å². The summed E-state index contributed by atoms with van der Waals surface area (Å²) in [6.07, 6.45) is 3.97. The number of anilines is 1. The third-order valence-electron chi connectivity index (χ3n) is 4.38. The van der Waals surface area contributed by atoms with Gasteiger partial charge >= 0.3 is 0 Å². The Kier molecular flexibility index (Phi) is 4.69. The van der Waals surface area contributed by atoms with Gasteiger partial charge in [0.2, 0.25) is 5.91 Å². The molecule has 0 fully saturated rings. The highest BCUT2D eigenvalue weighted by atomic mass is 32.2. The van der Waals surface area contributed by atoms with E-state index in [1.165, 1.54) is 28.0 Å². The van der Waals surface area contributed by atoms with Crippen LogP contribution in [0.4, 0.5) is 5.00 Å². The number of hydrogen-bond acceptors (Lipinski definition) is 5. The Hall–Kier alpha value is -2.32. The number of hydrogen-bond donors (Lipinski definition) is 3. The zero-order valence-electron chi connectivity index (χ0n) is 14.0. The number of nitrogens with zero attached hydrogens (tertiary/aromatic N) is 1. The monoisotopic (exact) mass is 386 g/mol. The Morgan fingerprint density at radius 2 is 2.08 bits per heavy atom. The van der Waals surface area contributed by atoms with Crippen LogP contribution in [0.1, 0.15) is 33.6 Å². The number of rotatable bonds is 5. The number of benzene rings is 1. The molecule has 0 atom stereocenters. The average molecular weight is 387 g/mol. The van der Waals surface area contributed by atoms with Crippen LogP contribution in [-0.2, 0) is 17.6 Å². The smallest absolute Gasteiger partial charge is 0.251 e. The van der Waals surface area contributed by atoms with Crippen LogP contribution >= 0.6 is 23.1 Å². The molecular weight excluding hydrogens is 368 g/mol. The van der Waals surface area contributed by atoms with Crippen LogP contribution in [0.5, 0.6) is 0 Å². The van der Waals surface area contributed by atoms with Gasteiger partial charge in [-0.1, -0.05) is 23.9 Å². The van der Waals surface area contributed by atoms with Gasteiger partial charge in [-0.05, 0) is 43.4 Å². The Labute approximate surface area is 158 Å². The predicted molar refractivity (Wildman–Crippen MR) is 105 cm³/mol. The summed E-state index contributed by atoms with van der Waals surface area (Å²) in [4.78, 5) is 33.0. The lowest BCUT2D eigenvalue weighted by Crippen LogP contribution is -2.19. The van der Waals surface area contributed by atoms with E-state index in [-0.39, 0.29) is 11.7 Å². The number of imidazole rings is 1. The summed E-state index contributed by atoms with van der Waals surface area (Å²) in [5.74, 6) is -0.429. The van der Waals surface area contributed by atoms with Gasteiger partial charge in [0.25, 0.3) is 5.91 Å². The van der Waals surface area contributed by atoms with Gasteiger partial charge < -0.3 is 16.0 Å². The summed E-state index contributed by atoms with van der Waals surface area (Å²) < 4.78 is 0. The van der Waals surface area contributed by atoms with Crippen molar-refractivity contribution in [1.29, 1.82) is 0 Å². The van der Waals surface area contributed by atoms with Crippen LogP contribution in [0.3, 0.4) is 0 Å². The van der Waals surface area contributed by atoms with E-state index in [0.717, 1.165) is 42.3 Å². The quantitative estimate of drug-likeness (QED) is 0.586. The molecule has 4 N–H and O–H groups in total. The van der Waals surface area contributed by atoms with Crippen molar-refractivity contribution in [3.63, 3.8) is 0 Å². The molecule has 0 saturated carbocycles. The van der Waals surface area contributed by atoms with Crippen LogP contribution in [0.15, 0.2) is 29.4 Å². The molecule has 0 saturated heterocycles. The van der Waals surface area contributed by atoms with E-state index in [1.807, 2.05) is 24.3 Å². The van der Waals surface area contributed by atoms with Gasteiger partial charge in [0.15, 0.2) is 5.16 Å². The first-order chi connectivity index (χ1) is 12.6. The molecule has 134 valence electrons. The number of amides is 2. The number of H-pyrrole nitrogens is 1. The fraction of sp³-hybridized carbons (Fsp3) is 0.278. The number of carbonyl (C=O) groups excluding carboxylic acids is 2. The lowest BCUT2D eigenvalue weighted by molar-refractivity contribution is -0.113. The molecule has 1 aromatic carbocycles. The van der Waals surface area contributed by atoms with Gasteiger partial charge in [-0.15, -0.1) is 11.3 Å². The van der Waals surface area contributed by atoms with E-state index in [9.17, 15) is 9.59 Å². The molecule has 26 heavy (non-hydrogen) atoms. The van der Waals surface area contributed by atoms with Gasteiger partial charge in [-0.3, -0.25) is 9.59 Å². The van der Waals surface area contributed by atoms with Crippen molar-refractivity contribution in [2.45, 2.75) is 30.8 Å². The number of nitrogens with two attached hydrogens (primary N) is 1. The van der Waals surface area contributed by atoms with Crippen molar-refractivity contribution in [2.24, 2.45) is 5.73 Å². The van der Waals surface area contributed by atoms with E-state index in [2.05, 4.69) is 15.3 Å². The van der Waals surface area contributed by atoms with E-state index < -0.39 is 5.91 Å². The summed E-state index contributed by atoms with van der Waals surface area (Å²) in [6.45, 7) is 0. The Bertz CT molecular complexity index is 959. The van der Waals surface area contributed by atoms with Crippen molar-refractivity contribution < 1.29 is 9.59 Å². The zero-order valence-corrected chi connectivity index (χ0v) is 15.6. The summed E-state index contributed by atoms with van der Waals surface area (Å²) >= 11 is 2.81. The standard InChI is InChI=1S/C18H18N4O2S2/c19-16(24)15-10-5-1-4-8-13(10)26-17(15)22-14(23)9-25-18-20-11-6-2-3-7-12(11)21-18/h2-3,6-7H,1,4-5,8-9H2,(H2,19,24)(H,20,21)(H,22,23). The third-order valence-corrected chi connectivity index (χ3v) is 6.46. The number of thiophene rings is 1. The largest absolute Gasteiger partial charge is 0.365 e. The maximum atomic E-state index is 12.4. The van der Waals surface area contributed by atoms with E-state index >= 15 is 0 Å². The molecule has 6 nitrogen and oxygen atoms in total. The number of thioether (sulfide) groups is 1. The maximum Gasteiger partial charge on any atom is 0.251 e. The van der Waals surface area contributed by atoms with Crippen molar-refractivity contribution in [3.8, 4) is 0 Å². The topological polar surface area (TPSA) is 101 Å². The van der Waals surface area contributed by atoms with Crippen molar-refractivity contribution in [2.75, 3.05) is 11.1 Å². The number of aromatic amines is 1. The second-order valence-corrected chi connectivity index (χ2v) is 8.24. The normalized spacial score (nSPS) is 13.5. The van der Waals surface area contributed by atoms with Crippen LogP contribution in [-0.4, -0.2) is 27.5 Å². The van der Waals surface area contributed by atoms with E-state index in [4.69, 9.17) is 5.73 Å². The zero-order chi connectivity index (χ0) is 18.1. The van der Waals surface area contributed by atoms with Crippen molar-refractivity contribution >= 4 is 50.9 Å². The molecule has 0 bridgehead atoms. The molecule has 1 aliphatic rings. The second-order valence-electron chi connectivity index (χ2n) is 6.18. The third kappa shape index (κ3) is 3.34. The minimum absolute atomic E-state index is 0.170. The first kappa shape index (κ1) is 17.1. The Morgan fingerprint density at radius 3 is 2.88 bits per heavy atom. The maximum absolute atomic E-state index is 12.4. The van der Waals surface area contributed by atoms with E-state index in [0.29, 0.717) is 15.7 Å². The van der Waals surface area contributed by atoms with Crippen molar-refractivity contribution in [1.82, 2.24) is 9.97 Å². The van der Waals surface area contributed by atoms with Crippen molar-refractivity contribution in [3.05, 3.63) is 40.3 Å². The number of aromatic nitrogens is 2. The lowest BCUT2D eigenvalue weighted by atomic mass is 9.95. The number of carbonyl (C=O) groups is 2. The molecule has 0 spiro atoms. The number of fused-ring (bicyclic) bond motifs is 2. The van der Waals surface area contributed by atoms with Crippen LogP contribution in [0.2, 0.25) is 0 Å². The number of nitrogens with one attached hydrogen (secondary N) is 2. The number of para-hydroxylation sites is 2. The number of aryl methyl sites for hydroxylation is 1. The van der Waals surface area contributed by atoms with Gasteiger partial charge in [0.05, 0.1) is 22.3 Å². The molecule has 2 heterocycles. The molecule has 8 heteroatoms. The predicted octanol–water partition coefficient (Wildman–Crippen LogP) is 3.33. The minimum Gasteiger partial charge on any atom is -0.365 e. The number of primary amides is 1. The highest BCUT2D eigenvalue weighted by Crippen LogP contribution is 2.38. The molecule has 2 amide bonds. The molecule has 1 aliphatic carbocycles. The van der Waals surface area contributed by atoms with Gasteiger partial charge in [0, 0.05) is 4.88 Å². The van der Waals surface area contributed by atoms with Gasteiger partial charge in [0.1, 0.15) is 5.00 Å². The SMILES string of the molecule is NC(=O)c1c(NC(=O)CSc2nc3ccccc3[nH]2)sc2c1CCCC2. The first-order valence-corrected chi connectivity index (χ1v) is 10.2. The fourth-order valence-corrected chi connectivity index (χ4v) is 5.20. The molecule has 0 radical (unpaired) electrons. The highest BCUT2D eigenvalue weighted by molar-refractivity contribution is 7.99.